The van der Waals surface area contributed by atoms with Crippen LogP contribution in [-0.2, 0) is 9.59 Å². The molecule has 1 atom stereocenters. The monoisotopic (exact) mass is 347 g/mol. The summed E-state index contributed by atoms with van der Waals surface area (Å²) in [5.41, 5.74) is 1.46. The summed E-state index contributed by atoms with van der Waals surface area (Å²) < 4.78 is 0. The Morgan fingerprint density at radius 1 is 1.17 bits per heavy atom. The molecule has 0 radical (unpaired) electrons. The Balaban J connectivity index is 2.17. The number of nitrogens with zero attached hydrogens (tertiary/aromatic N) is 2. The molecule has 0 aliphatic carbocycles. The standard InChI is InChI=1S/C16H17N3O2S2/c1-10-9-13(19-16(17-10)22-3)23-14(11(2)20)15(21)18-12-7-5-4-6-8-12/h4-9,14H,1-3H3,(H,18,21)/t14-/m0/s1. The topological polar surface area (TPSA) is 72.0 Å². The summed E-state index contributed by atoms with van der Waals surface area (Å²) in [4.78, 5) is 32.9. The Morgan fingerprint density at radius 2 is 1.87 bits per heavy atom. The van der Waals surface area contributed by atoms with Crippen molar-refractivity contribution in [1.29, 1.82) is 0 Å². The zero-order valence-corrected chi connectivity index (χ0v) is 14.7. The number of aromatic nitrogens is 2. The summed E-state index contributed by atoms with van der Waals surface area (Å²) in [6.45, 7) is 3.27. The lowest BCUT2D eigenvalue weighted by Crippen LogP contribution is -2.31. The number of hydrogen-bond donors (Lipinski definition) is 1. The molecule has 0 unspecified atom stereocenters. The van der Waals surface area contributed by atoms with E-state index in [1.54, 1.807) is 18.2 Å². The lowest BCUT2D eigenvalue weighted by molar-refractivity contribution is -0.123. The number of para-hydroxylation sites is 1. The van der Waals surface area contributed by atoms with Crippen molar-refractivity contribution in [2.75, 3.05) is 11.6 Å². The van der Waals surface area contributed by atoms with Gasteiger partial charge in [0.15, 0.2) is 10.9 Å². The second-order valence-corrected chi connectivity index (χ2v) is 6.70. The predicted octanol–water partition coefficient (Wildman–Crippen LogP) is 3.20. The van der Waals surface area contributed by atoms with E-state index in [0.29, 0.717) is 15.9 Å². The second-order valence-electron chi connectivity index (χ2n) is 4.80. The number of thioether (sulfide) groups is 2. The Kier molecular flexibility index (Phi) is 6.18. The van der Waals surface area contributed by atoms with Gasteiger partial charge in [-0.2, -0.15) is 0 Å². The van der Waals surface area contributed by atoms with Gasteiger partial charge < -0.3 is 5.32 Å². The van der Waals surface area contributed by atoms with Crippen molar-refractivity contribution in [3.63, 3.8) is 0 Å². The van der Waals surface area contributed by atoms with E-state index in [2.05, 4.69) is 15.3 Å². The van der Waals surface area contributed by atoms with E-state index >= 15 is 0 Å². The smallest absolute Gasteiger partial charge is 0.245 e. The summed E-state index contributed by atoms with van der Waals surface area (Å²) >= 11 is 2.56. The van der Waals surface area contributed by atoms with Gasteiger partial charge in [-0.25, -0.2) is 9.97 Å². The highest BCUT2D eigenvalue weighted by atomic mass is 32.2. The van der Waals surface area contributed by atoms with Crippen LogP contribution in [-0.4, -0.2) is 33.2 Å². The zero-order valence-electron chi connectivity index (χ0n) is 13.1. The third-order valence-corrected chi connectivity index (χ3v) is 4.66. The van der Waals surface area contributed by atoms with Crippen LogP contribution < -0.4 is 5.32 Å². The summed E-state index contributed by atoms with van der Waals surface area (Å²) in [7, 11) is 0. The van der Waals surface area contributed by atoms with Gasteiger partial charge in [-0.15, -0.1) is 0 Å². The molecule has 23 heavy (non-hydrogen) atoms. The molecule has 2 aromatic rings. The van der Waals surface area contributed by atoms with Gasteiger partial charge in [0.2, 0.25) is 5.91 Å². The largest absolute Gasteiger partial charge is 0.325 e. The first kappa shape index (κ1) is 17.5. The molecule has 2 rings (SSSR count). The van der Waals surface area contributed by atoms with Gasteiger partial charge in [-0.05, 0) is 38.3 Å². The summed E-state index contributed by atoms with van der Waals surface area (Å²) in [5.74, 6) is -0.568. The van der Waals surface area contributed by atoms with Crippen molar-refractivity contribution in [2.24, 2.45) is 0 Å². The number of amides is 1. The number of carbonyl (C=O) groups excluding carboxylic acids is 2. The molecule has 5 nitrogen and oxygen atoms in total. The van der Waals surface area contributed by atoms with Crippen LogP contribution in [0.5, 0.6) is 0 Å². The van der Waals surface area contributed by atoms with Crippen LogP contribution in [0.4, 0.5) is 5.69 Å². The minimum atomic E-state index is -0.848. The van der Waals surface area contributed by atoms with E-state index in [0.717, 1.165) is 17.5 Å². The first-order chi connectivity index (χ1) is 11.0. The van der Waals surface area contributed by atoms with Gasteiger partial charge in [-0.3, -0.25) is 9.59 Å². The maximum absolute atomic E-state index is 12.4. The quantitative estimate of drug-likeness (QED) is 0.374. The van der Waals surface area contributed by atoms with E-state index in [1.165, 1.54) is 18.7 Å². The Bertz CT molecular complexity index is 708. The molecular formula is C16H17N3O2S2. The number of hydrogen-bond acceptors (Lipinski definition) is 6. The fraction of sp³-hybridized carbons (Fsp3) is 0.250. The number of benzene rings is 1. The predicted molar refractivity (Wildman–Crippen MR) is 93.9 cm³/mol. The molecule has 1 heterocycles. The van der Waals surface area contributed by atoms with Gasteiger partial charge in [0, 0.05) is 11.4 Å². The van der Waals surface area contributed by atoms with Gasteiger partial charge >= 0.3 is 0 Å². The highest BCUT2D eigenvalue weighted by Gasteiger charge is 2.25. The number of aryl methyl sites for hydroxylation is 1. The first-order valence-electron chi connectivity index (χ1n) is 6.92. The summed E-state index contributed by atoms with van der Waals surface area (Å²) in [6, 6.07) is 10.8. The lowest BCUT2D eigenvalue weighted by Gasteiger charge is -2.14. The average molecular weight is 347 g/mol. The van der Waals surface area contributed by atoms with E-state index in [9.17, 15) is 9.59 Å². The maximum atomic E-state index is 12.4. The van der Waals surface area contributed by atoms with Crippen LogP contribution in [0.15, 0.2) is 46.6 Å². The molecule has 1 aromatic carbocycles. The van der Waals surface area contributed by atoms with Crippen molar-refractivity contribution in [1.82, 2.24) is 9.97 Å². The van der Waals surface area contributed by atoms with E-state index in [4.69, 9.17) is 0 Å². The Hall–Kier alpha value is -1.86. The second kappa shape index (κ2) is 8.12. The SMILES string of the molecule is CSc1nc(C)cc(S[C@@H](C(C)=O)C(=O)Nc2ccccc2)n1. The molecule has 0 bridgehead atoms. The van der Waals surface area contributed by atoms with E-state index in [-0.39, 0.29) is 11.7 Å². The molecule has 0 saturated carbocycles. The molecule has 0 spiro atoms. The molecule has 0 saturated heterocycles. The highest BCUT2D eigenvalue weighted by Crippen LogP contribution is 2.25. The number of Topliss-reactive ketones (excluding diaryl/α,β-unsaturated/α-hetero) is 1. The van der Waals surface area contributed by atoms with Crippen LogP contribution in [0.25, 0.3) is 0 Å². The van der Waals surface area contributed by atoms with Crippen LogP contribution >= 0.6 is 23.5 Å². The van der Waals surface area contributed by atoms with Crippen LogP contribution in [0, 0.1) is 6.92 Å². The molecule has 1 aromatic heterocycles. The van der Waals surface area contributed by atoms with Gasteiger partial charge in [-0.1, -0.05) is 41.7 Å². The molecule has 0 aliphatic heterocycles. The molecular weight excluding hydrogens is 330 g/mol. The lowest BCUT2D eigenvalue weighted by atomic mass is 10.2. The van der Waals surface area contributed by atoms with Gasteiger partial charge in [0.1, 0.15) is 10.3 Å². The summed E-state index contributed by atoms with van der Waals surface area (Å²) in [5, 5.41) is 3.15. The maximum Gasteiger partial charge on any atom is 0.245 e. The van der Waals surface area contributed by atoms with Gasteiger partial charge in [0.05, 0.1) is 0 Å². The number of nitrogens with one attached hydrogen (secondary N) is 1. The third kappa shape index (κ3) is 5.07. The number of rotatable bonds is 6. The van der Waals surface area contributed by atoms with Crippen molar-refractivity contribution in [2.45, 2.75) is 29.3 Å². The molecule has 0 aliphatic rings. The number of carbonyl (C=O) groups is 2. The van der Waals surface area contributed by atoms with Crippen molar-refractivity contribution >= 4 is 40.9 Å². The Morgan fingerprint density at radius 3 is 2.48 bits per heavy atom. The van der Waals surface area contributed by atoms with E-state index < -0.39 is 5.25 Å². The third-order valence-electron chi connectivity index (χ3n) is 2.88. The van der Waals surface area contributed by atoms with E-state index in [1.807, 2.05) is 31.4 Å². The molecule has 1 N–H and O–H groups in total. The molecule has 7 heteroatoms. The average Bonchev–Trinajstić information content (AvgIpc) is 2.52. The fourth-order valence-electron chi connectivity index (χ4n) is 1.84. The van der Waals surface area contributed by atoms with Crippen molar-refractivity contribution in [3.8, 4) is 0 Å². The Labute approximate surface area is 143 Å². The highest BCUT2D eigenvalue weighted by molar-refractivity contribution is 8.01. The van der Waals surface area contributed by atoms with Crippen molar-refractivity contribution < 1.29 is 9.59 Å². The normalized spacial score (nSPS) is 11.8. The minimum Gasteiger partial charge on any atom is -0.325 e. The van der Waals surface area contributed by atoms with Gasteiger partial charge in [0.25, 0.3) is 0 Å². The fourth-order valence-corrected chi connectivity index (χ4v) is 3.27. The zero-order chi connectivity index (χ0) is 16.8. The molecule has 120 valence electrons. The van der Waals surface area contributed by atoms with Crippen LogP contribution in [0.1, 0.15) is 12.6 Å². The molecule has 1 amide bonds. The van der Waals surface area contributed by atoms with Crippen LogP contribution in [0.2, 0.25) is 0 Å². The summed E-state index contributed by atoms with van der Waals surface area (Å²) in [6.07, 6.45) is 1.88. The number of ketones is 1. The molecule has 0 fully saturated rings. The number of anilines is 1. The van der Waals surface area contributed by atoms with Crippen LogP contribution in [0.3, 0.4) is 0 Å². The minimum absolute atomic E-state index is 0.217. The first-order valence-corrected chi connectivity index (χ1v) is 9.02. The van der Waals surface area contributed by atoms with Crippen molar-refractivity contribution in [3.05, 3.63) is 42.1 Å².